The Morgan fingerprint density at radius 1 is 1.20 bits per heavy atom. The fraction of sp³-hybridized carbons (Fsp3) is 0.115. The van der Waals surface area contributed by atoms with E-state index in [1.807, 2.05) is 36.7 Å². The molecule has 0 aliphatic carbocycles. The maximum absolute atomic E-state index is 13.0. The Morgan fingerprint density at radius 3 is 2.94 bits per heavy atom. The number of H-pyrrole nitrogens is 1. The Balaban J connectivity index is 1.44. The number of nitrogens with one attached hydrogen (secondary N) is 2. The third kappa shape index (κ3) is 4.32. The van der Waals surface area contributed by atoms with E-state index >= 15 is 0 Å². The van der Waals surface area contributed by atoms with Crippen LogP contribution in [-0.2, 0) is 0 Å². The number of carbonyl (C=O) groups excluding carboxylic acids is 1. The van der Waals surface area contributed by atoms with Gasteiger partial charge in [0.25, 0.3) is 5.91 Å². The molecular formula is C26H21N7O2. The minimum atomic E-state index is -0.378. The van der Waals surface area contributed by atoms with Crippen LogP contribution in [0.1, 0.15) is 28.4 Å². The molecule has 0 aliphatic rings. The molecule has 0 saturated carbocycles. The van der Waals surface area contributed by atoms with Crippen LogP contribution in [0.4, 0.5) is 5.69 Å². The average molecular weight is 464 g/mol. The first-order valence-electron chi connectivity index (χ1n) is 10.9. The van der Waals surface area contributed by atoms with Crippen LogP contribution in [0.2, 0.25) is 0 Å². The first-order valence-corrected chi connectivity index (χ1v) is 10.9. The zero-order valence-corrected chi connectivity index (χ0v) is 18.8. The van der Waals surface area contributed by atoms with Crippen LogP contribution >= 0.6 is 0 Å². The van der Waals surface area contributed by atoms with Crippen molar-refractivity contribution in [2.75, 3.05) is 12.4 Å². The van der Waals surface area contributed by atoms with E-state index in [0.717, 1.165) is 27.9 Å². The van der Waals surface area contributed by atoms with Crippen molar-refractivity contribution in [2.24, 2.45) is 0 Å². The van der Waals surface area contributed by atoms with Crippen LogP contribution in [0, 0.1) is 11.3 Å². The van der Waals surface area contributed by atoms with Gasteiger partial charge < -0.3 is 15.0 Å². The molecule has 0 spiro atoms. The molecule has 3 heterocycles. The van der Waals surface area contributed by atoms with E-state index in [4.69, 9.17) is 4.74 Å². The molecule has 0 aliphatic heterocycles. The second kappa shape index (κ2) is 9.49. The molecule has 0 radical (unpaired) electrons. The van der Waals surface area contributed by atoms with Crippen molar-refractivity contribution >= 4 is 22.6 Å². The predicted octanol–water partition coefficient (Wildman–Crippen LogP) is 4.59. The molecule has 1 amide bonds. The van der Waals surface area contributed by atoms with Crippen molar-refractivity contribution in [3.63, 3.8) is 0 Å². The molecule has 9 nitrogen and oxygen atoms in total. The monoisotopic (exact) mass is 463 g/mol. The number of aromatic amines is 1. The number of methoxy groups -OCH3 is 1. The van der Waals surface area contributed by atoms with Gasteiger partial charge in [0.05, 0.1) is 43.2 Å². The topological polar surface area (TPSA) is 122 Å². The van der Waals surface area contributed by atoms with E-state index in [1.54, 1.807) is 48.3 Å². The molecule has 9 heteroatoms. The van der Waals surface area contributed by atoms with E-state index in [-0.39, 0.29) is 18.4 Å². The standard InChI is InChI=1S/C26H21N7O2/c1-35-23-8-3-2-7-21(23)32-26(34)18-6-4-5-17(13-18)22(9-11-27)33-15-19(14-31-33)24-20-10-12-28-25(20)30-16-29-24/h2-8,10,12-16,22H,9H2,1H3,(H,32,34)(H,28,29,30). The Hall–Kier alpha value is -4.97. The van der Waals surface area contributed by atoms with Crippen molar-refractivity contribution in [3.05, 3.63) is 90.6 Å². The fourth-order valence-corrected chi connectivity index (χ4v) is 4.01. The summed E-state index contributed by atoms with van der Waals surface area (Å²) in [7, 11) is 1.55. The summed E-state index contributed by atoms with van der Waals surface area (Å²) in [6.45, 7) is 0. The lowest BCUT2D eigenvalue weighted by Gasteiger charge is -2.16. The number of fused-ring (bicyclic) bond motifs is 1. The first-order chi connectivity index (χ1) is 17.2. The SMILES string of the molecule is COc1ccccc1NC(=O)c1cccc(C(CC#N)n2cc(-c3ncnc4[nH]ccc34)cn2)c1. The number of hydrogen-bond donors (Lipinski definition) is 2. The summed E-state index contributed by atoms with van der Waals surface area (Å²) in [6.07, 6.45) is 7.08. The summed E-state index contributed by atoms with van der Waals surface area (Å²) >= 11 is 0. The Kier molecular flexibility index (Phi) is 5.92. The molecular weight excluding hydrogens is 442 g/mol. The number of ether oxygens (including phenoxy) is 1. The number of amides is 1. The van der Waals surface area contributed by atoms with Gasteiger partial charge in [-0.3, -0.25) is 9.48 Å². The second-order valence-electron chi connectivity index (χ2n) is 7.83. The lowest BCUT2D eigenvalue weighted by Crippen LogP contribution is -2.15. The van der Waals surface area contributed by atoms with Crippen molar-refractivity contribution in [1.82, 2.24) is 24.7 Å². The molecule has 172 valence electrons. The van der Waals surface area contributed by atoms with Gasteiger partial charge in [-0.05, 0) is 35.9 Å². The summed E-state index contributed by atoms with van der Waals surface area (Å²) in [5.74, 6) is 0.300. The number of benzene rings is 2. The van der Waals surface area contributed by atoms with E-state index in [2.05, 4.69) is 31.4 Å². The number of nitriles is 1. The van der Waals surface area contributed by atoms with Crippen molar-refractivity contribution in [2.45, 2.75) is 12.5 Å². The summed E-state index contributed by atoms with van der Waals surface area (Å²) in [4.78, 5) is 24.7. The molecule has 35 heavy (non-hydrogen) atoms. The number of hydrogen-bond acceptors (Lipinski definition) is 6. The Morgan fingerprint density at radius 2 is 2.09 bits per heavy atom. The van der Waals surface area contributed by atoms with Crippen LogP contribution < -0.4 is 10.1 Å². The lowest BCUT2D eigenvalue weighted by molar-refractivity contribution is 0.102. The Bertz CT molecular complexity index is 1550. The van der Waals surface area contributed by atoms with Gasteiger partial charge in [0.2, 0.25) is 0 Å². The molecule has 1 atom stereocenters. The molecule has 0 saturated heterocycles. The molecule has 5 aromatic rings. The van der Waals surface area contributed by atoms with Gasteiger partial charge in [-0.15, -0.1) is 0 Å². The fourth-order valence-electron chi connectivity index (χ4n) is 4.01. The average Bonchev–Trinajstić information content (AvgIpc) is 3.57. The molecule has 0 fully saturated rings. The van der Waals surface area contributed by atoms with Crippen LogP contribution in [0.15, 0.2) is 79.5 Å². The third-order valence-electron chi connectivity index (χ3n) is 5.72. The number of nitrogens with zero attached hydrogens (tertiary/aromatic N) is 5. The van der Waals surface area contributed by atoms with E-state index in [0.29, 0.717) is 17.0 Å². The summed E-state index contributed by atoms with van der Waals surface area (Å²) in [5, 5.41) is 17.8. The highest BCUT2D eigenvalue weighted by molar-refractivity contribution is 6.05. The van der Waals surface area contributed by atoms with Crippen LogP contribution in [0.3, 0.4) is 0 Å². The van der Waals surface area contributed by atoms with Gasteiger partial charge in [-0.25, -0.2) is 9.97 Å². The number of carbonyl (C=O) groups is 1. The normalized spacial score (nSPS) is 11.7. The van der Waals surface area contributed by atoms with Gasteiger partial charge in [-0.1, -0.05) is 24.3 Å². The number of aromatic nitrogens is 5. The minimum Gasteiger partial charge on any atom is -0.495 e. The Labute approximate surface area is 201 Å². The van der Waals surface area contributed by atoms with Crippen LogP contribution in [0.5, 0.6) is 5.75 Å². The molecule has 2 N–H and O–H groups in total. The van der Waals surface area contributed by atoms with Crippen LogP contribution in [0.25, 0.3) is 22.3 Å². The van der Waals surface area contributed by atoms with Gasteiger partial charge in [0, 0.05) is 28.9 Å². The van der Waals surface area contributed by atoms with Crippen molar-refractivity contribution < 1.29 is 9.53 Å². The number of para-hydroxylation sites is 2. The first kappa shape index (κ1) is 21.9. The maximum Gasteiger partial charge on any atom is 0.255 e. The van der Waals surface area contributed by atoms with Crippen molar-refractivity contribution in [1.29, 1.82) is 5.26 Å². The van der Waals surface area contributed by atoms with Gasteiger partial charge >= 0.3 is 0 Å². The smallest absolute Gasteiger partial charge is 0.255 e. The van der Waals surface area contributed by atoms with Crippen molar-refractivity contribution in [3.8, 4) is 23.1 Å². The van der Waals surface area contributed by atoms with E-state index < -0.39 is 0 Å². The highest BCUT2D eigenvalue weighted by Gasteiger charge is 2.19. The van der Waals surface area contributed by atoms with Crippen LogP contribution in [-0.4, -0.2) is 37.7 Å². The molecule has 5 rings (SSSR count). The zero-order valence-electron chi connectivity index (χ0n) is 18.8. The van der Waals surface area contributed by atoms with Gasteiger partial charge in [0.1, 0.15) is 17.7 Å². The number of anilines is 1. The maximum atomic E-state index is 13.0. The van der Waals surface area contributed by atoms with E-state index in [1.165, 1.54) is 6.33 Å². The summed E-state index contributed by atoms with van der Waals surface area (Å²) < 4.78 is 7.05. The highest BCUT2D eigenvalue weighted by Crippen LogP contribution is 2.29. The minimum absolute atomic E-state index is 0.183. The van der Waals surface area contributed by atoms with Gasteiger partial charge in [0.15, 0.2) is 0 Å². The zero-order chi connectivity index (χ0) is 24.2. The third-order valence-corrected chi connectivity index (χ3v) is 5.72. The predicted molar refractivity (Wildman–Crippen MR) is 131 cm³/mol. The highest BCUT2D eigenvalue weighted by atomic mass is 16.5. The number of rotatable bonds is 7. The van der Waals surface area contributed by atoms with E-state index in [9.17, 15) is 10.1 Å². The lowest BCUT2D eigenvalue weighted by atomic mass is 10.0. The largest absolute Gasteiger partial charge is 0.495 e. The quantitative estimate of drug-likeness (QED) is 0.364. The molecule has 3 aromatic heterocycles. The molecule has 0 bridgehead atoms. The molecule has 1 unspecified atom stereocenters. The second-order valence-corrected chi connectivity index (χ2v) is 7.83. The molecule has 2 aromatic carbocycles. The van der Waals surface area contributed by atoms with Gasteiger partial charge in [-0.2, -0.15) is 10.4 Å². The summed E-state index contributed by atoms with van der Waals surface area (Å²) in [5.41, 5.74) is 4.15. The summed E-state index contributed by atoms with van der Waals surface area (Å²) in [6, 6.07) is 18.2.